The molecule has 3 nitrogen and oxygen atoms in total. The van der Waals surface area contributed by atoms with Gasteiger partial charge >= 0.3 is 0 Å². The summed E-state index contributed by atoms with van der Waals surface area (Å²) in [5.41, 5.74) is 1.74. The van der Waals surface area contributed by atoms with Crippen LogP contribution in [0.1, 0.15) is 25.3 Å². The van der Waals surface area contributed by atoms with E-state index in [1.165, 1.54) is 0 Å². The van der Waals surface area contributed by atoms with Crippen LogP contribution in [0.4, 0.5) is 5.69 Å². The first-order chi connectivity index (χ1) is 7.86. The lowest BCUT2D eigenvalue weighted by atomic mass is 10.2. The molecule has 0 amide bonds. The highest BCUT2D eigenvalue weighted by Gasteiger charge is 1.93. The lowest BCUT2D eigenvalue weighted by Crippen LogP contribution is -2.05. The van der Waals surface area contributed by atoms with E-state index in [0.29, 0.717) is 5.56 Å². The summed E-state index contributed by atoms with van der Waals surface area (Å²) in [6.45, 7) is 4.65. The van der Waals surface area contributed by atoms with Crippen molar-refractivity contribution in [1.29, 1.82) is 5.26 Å². The zero-order valence-corrected chi connectivity index (χ0v) is 9.70. The molecule has 0 fully saturated rings. The summed E-state index contributed by atoms with van der Waals surface area (Å²) in [4.78, 5) is 0. The molecule has 3 heteroatoms. The zero-order chi connectivity index (χ0) is 11.6. The lowest BCUT2D eigenvalue weighted by molar-refractivity contribution is 0.134. The average molecular weight is 218 g/mol. The first kappa shape index (κ1) is 12.5. The van der Waals surface area contributed by atoms with Crippen molar-refractivity contribution in [2.24, 2.45) is 0 Å². The normalized spacial score (nSPS) is 9.75. The standard InChI is InChI=1S/C13H18N2O/c1-2-9-16-10-3-8-15-13-6-4-12(11-14)5-7-13/h4-7,15H,2-3,8-10H2,1H3. The van der Waals surface area contributed by atoms with E-state index in [2.05, 4.69) is 18.3 Å². The van der Waals surface area contributed by atoms with Crippen molar-refractivity contribution in [3.05, 3.63) is 29.8 Å². The largest absolute Gasteiger partial charge is 0.385 e. The van der Waals surface area contributed by atoms with Crippen molar-refractivity contribution < 1.29 is 4.74 Å². The molecule has 0 saturated heterocycles. The molecule has 0 saturated carbocycles. The van der Waals surface area contributed by atoms with Gasteiger partial charge in [-0.3, -0.25) is 0 Å². The van der Waals surface area contributed by atoms with Crippen molar-refractivity contribution >= 4 is 5.69 Å². The molecule has 0 radical (unpaired) electrons. The Morgan fingerprint density at radius 1 is 1.25 bits per heavy atom. The Hall–Kier alpha value is -1.53. The average Bonchev–Trinajstić information content (AvgIpc) is 2.34. The molecule has 1 N–H and O–H groups in total. The van der Waals surface area contributed by atoms with Crippen LogP contribution in [-0.2, 0) is 4.74 Å². The Bertz CT molecular complexity index is 327. The van der Waals surface area contributed by atoms with Gasteiger partial charge in [-0.05, 0) is 37.1 Å². The maximum Gasteiger partial charge on any atom is 0.0991 e. The molecule has 1 rings (SSSR count). The first-order valence-corrected chi connectivity index (χ1v) is 5.68. The van der Waals surface area contributed by atoms with Crippen molar-refractivity contribution in [2.45, 2.75) is 19.8 Å². The second-order valence-corrected chi connectivity index (χ2v) is 3.58. The van der Waals surface area contributed by atoms with Crippen molar-refractivity contribution in [2.75, 3.05) is 25.1 Å². The number of nitriles is 1. The van der Waals surface area contributed by atoms with Gasteiger partial charge in [0.15, 0.2) is 0 Å². The van der Waals surface area contributed by atoms with E-state index >= 15 is 0 Å². The third kappa shape index (κ3) is 4.81. The highest BCUT2D eigenvalue weighted by molar-refractivity contribution is 5.46. The monoisotopic (exact) mass is 218 g/mol. The molecule has 0 atom stereocenters. The number of rotatable bonds is 7. The number of benzene rings is 1. The minimum atomic E-state index is 0.692. The quantitative estimate of drug-likeness (QED) is 0.716. The van der Waals surface area contributed by atoms with Gasteiger partial charge in [0.05, 0.1) is 11.6 Å². The fraction of sp³-hybridized carbons (Fsp3) is 0.462. The third-order valence-corrected chi connectivity index (χ3v) is 2.16. The van der Waals surface area contributed by atoms with Crippen LogP contribution in [0.2, 0.25) is 0 Å². The Balaban J connectivity index is 2.15. The Kier molecular flexibility index (Phi) is 6.05. The van der Waals surface area contributed by atoms with Crippen LogP contribution in [0.25, 0.3) is 0 Å². The summed E-state index contributed by atoms with van der Waals surface area (Å²) in [5, 5.41) is 11.9. The minimum Gasteiger partial charge on any atom is -0.385 e. The number of anilines is 1. The molecule has 0 aliphatic carbocycles. The Morgan fingerprint density at radius 2 is 2.00 bits per heavy atom. The predicted octanol–water partition coefficient (Wildman–Crippen LogP) is 2.79. The summed E-state index contributed by atoms with van der Waals surface area (Å²) < 4.78 is 5.37. The van der Waals surface area contributed by atoms with Gasteiger partial charge < -0.3 is 10.1 Å². The third-order valence-electron chi connectivity index (χ3n) is 2.16. The van der Waals surface area contributed by atoms with Gasteiger partial charge in [0.2, 0.25) is 0 Å². The van der Waals surface area contributed by atoms with Gasteiger partial charge in [0.1, 0.15) is 0 Å². The van der Waals surface area contributed by atoms with Crippen molar-refractivity contribution in [1.82, 2.24) is 0 Å². The number of nitrogens with one attached hydrogen (secondary N) is 1. The molecule has 16 heavy (non-hydrogen) atoms. The van der Waals surface area contributed by atoms with Gasteiger partial charge in [-0.2, -0.15) is 5.26 Å². The minimum absolute atomic E-state index is 0.692. The molecular weight excluding hydrogens is 200 g/mol. The molecular formula is C13H18N2O. The zero-order valence-electron chi connectivity index (χ0n) is 9.70. The summed E-state index contributed by atoms with van der Waals surface area (Å²) in [6.07, 6.45) is 2.07. The molecule has 0 aliphatic rings. The number of hydrogen-bond donors (Lipinski definition) is 1. The first-order valence-electron chi connectivity index (χ1n) is 5.68. The Labute approximate surface area is 97.0 Å². The van der Waals surface area contributed by atoms with E-state index in [4.69, 9.17) is 10.00 Å². The molecule has 86 valence electrons. The topological polar surface area (TPSA) is 45.0 Å². The van der Waals surface area contributed by atoms with Crippen molar-refractivity contribution in [3.8, 4) is 6.07 Å². The number of hydrogen-bond acceptors (Lipinski definition) is 3. The van der Waals surface area contributed by atoms with E-state index in [-0.39, 0.29) is 0 Å². The number of nitrogens with zero attached hydrogens (tertiary/aromatic N) is 1. The van der Waals surface area contributed by atoms with Crippen LogP contribution in [0.5, 0.6) is 0 Å². The van der Waals surface area contributed by atoms with Gasteiger partial charge in [-0.1, -0.05) is 6.92 Å². The SMILES string of the molecule is CCCOCCCNc1ccc(C#N)cc1. The van der Waals surface area contributed by atoms with Crippen LogP contribution in [0.15, 0.2) is 24.3 Å². The lowest BCUT2D eigenvalue weighted by Gasteiger charge is -2.06. The van der Waals surface area contributed by atoms with Gasteiger partial charge in [-0.15, -0.1) is 0 Å². The summed E-state index contributed by atoms with van der Waals surface area (Å²) in [7, 11) is 0. The molecule has 0 unspecified atom stereocenters. The predicted molar refractivity (Wildman–Crippen MR) is 65.4 cm³/mol. The summed E-state index contributed by atoms with van der Waals surface area (Å²) >= 11 is 0. The van der Waals surface area contributed by atoms with Gasteiger partial charge in [0, 0.05) is 25.4 Å². The van der Waals surface area contributed by atoms with Crippen LogP contribution >= 0.6 is 0 Å². The van der Waals surface area contributed by atoms with Crippen LogP contribution < -0.4 is 5.32 Å². The smallest absolute Gasteiger partial charge is 0.0991 e. The van der Waals surface area contributed by atoms with E-state index in [1.807, 2.05) is 24.3 Å². The fourth-order valence-corrected chi connectivity index (χ4v) is 1.32. The maximum absolute atomic E-state index is 8.64. The van der Waals surface area contributed by atoms with E-state index < -0.39 is 0 Å². The molecule has 1 aromatic rings. The van der Waals surface area contributed by atoms with Crippen LogP contribution in [-0.4, -0.2) is 19.8 Å². The second-order valence-electron chi connectivity index (χ2n) is 3.58. The van der Waals surface area contributed by atoms with E-state index in [1.54, 1.807) is 0 Å². The molecule has 0 spiro atoms. The van der Waals surface area contributed by atoms with Crippen molar-refractivity contribution in [3.63, 3.8) is 0 Å². The Morgan fingerprint density at radius 3 is 2.62 bits per heavy atom. The molecule has 0 bridgehead atoms. The van der Waals surface area contributed by atoms with Crippen LogP contribution in [0.3, 0.4) is 0 Å². The highest BCUT2D eigenvalue weighted by atomic mass is 16.5. The fourth-order valence-electron chi connectivity index (χ4n) is 1.32. The van der Waals surface area contributed by atoms with E-state index in [9.17, 15) is 0 Å². The highest BCUT2D eigenvalue weighted by Crippen LogP contribution is 2.08. The van der Waals surface area contributed by atoms with Crippen LogP contribution in [0, 0.1) is 11.3 Å². The van der Waals surface area contributed by atoms with Gasteiger partial charge in [-0.25, -0.2) is 0 Å². The second kappa shape index (κ2) is 7.72. The van der Waals surface area contributed by atoms with Gasteiger partial charge in [0.25, 0.3) is 0 Å². The number of ether oxygens (including phenoxy) is 1. The molecule has 0 heterocycles. The van der Waals surface area contributed by atoms with E-state index in [0.717, 1.165) is 38.3 Å². The molecule has 0 aromatic heterocycles. The maximum atomic E-state index is 8.64. The summed E-state index contributed by atoms with van der Waals surface area (Å²) in [6, 6.07) is 9.57. The molecule has 0 aliphatic heterocycles. The summed E-state index contributed by atoms with van der Waals surface area (Å²) in [5.74, 6) is 0. The molecule has 1 aromatic carbocycles.